The van der Waals surface area contributed by atoms with Gasteiger partial charge in [-0.05, 0) is 61.1 Å². The molecule has 208 valence electrons. The first kappa shape index (κ1) is 27.6. The average Bonchev–Trinajstić information content (AvgIpc) is 2.97. The van der Waals surface area contributed by atoms with Gasteiger partial charge in [-0.15, -0.1) is 0 Å². The molecule has 3 aromatic carbocycles. The average molecular weight is 535 g/mol. The first-order valence-corrected chi connectivity index (χ1v) is 13.8. The Labute approximate surface area is 229 Å². The lowest BCUT2D eigenvalue weighted by Gasteiger charge is -2.50. The number of benzene rings is 3. The highest BCUT2D eigenvalue weighted by atomic mass is 16.7. The fraction of sp³-hybridized carbons (Fsp3) is 0.438. The molecule has 3 N–H and O–H groups in total. The lowest BCUT2D eigenvalue weighted by Crippen LogP contribution is -2.70. The van der Waals surface area contributed by atoms with Crippen molar-refractivity contribution in [1.82, 2.24) is 0 Å². The Kier molecular flexibility index (Phi) is 9.17. The Hall–Kier alpha value is -2.94. The smallest absolute Gasteiger partial charge is 0.195 e. The monoisotopic (exact) mass is 534 g/mol. The third kappa shape index (κ3) is 6.80. The Balaban J connectivity index is 1.39. The molecule has 1 saturated heterocycles. The molecule has 2 aliphatic rings. The van der Waals surface area contributed by atoms with Gasteiger partial charge in [0.15, 0.2) is 12.4 Å². The van der Waals surface area contributed by atoms with Gasteiger partial charge in [-0.25, -0.2) is 0 Å². The number of hydrogen-bond acceptors (Lipinski definition) is 7. The standard InChI is InChI=1S/C32H38O7/c33-21-28-29(36-22-24-12-6-2-7-13-24)32(35,20-23-10-4-1-5-11-23)30(31(34)39-28)38-27-18-16-26(17-19-27)37-25-14-8-3-9-15-25/h1-2,4-7,10-13,16-19,25,28-31,33-35H,3,8-9,14-15,20-22H2/t28-,29-,30+,31?,32+/m1/s1. The molecule has 1 saturated carbocycles. The summed E-state index contributed by atoms with van der Waals surface area (Å²) in [6, 6.07) is 26.3. The third-order valence-corrected chi connectivity index (χ3v) is 7.62. The van der Waals surface area contributed by atoms with Crippen molar-refractivity contribution in [3.63, 3.8) is 0 Å². The number of aliphatic hydroxyl groups excluding tert-OH is 2. The van der Waals surface area contributed by atoms with E-state index in [4.69, 9.17) is 18.9 Å². The van der Waals surface area contributed by atoms with Crippen LogP contribution in [0.25, 0.3) is 0 Å². The van der Waals surface area contributed by atoms with E-state index in [0.717, 1.165) is 29.7 Å². The summed E-state index contributed by atoms with van der Waals surface area (Å²) in [4.78, 5) is 0. The molecule has 1 unspecified atom stereocenters. The zero-order valence-electron chi connectivity index (χ0n) is 22.1. The summed E-state index contributed by atoms with van der Waals surface area (Å²) < 4.78 is 24.4. The SMILES string of the molecule is OC[C@H]1OC(O)[C@H](Oc2ccc(OC3CCCCC3)cc2)[C@](O)(Cc2ccccc2)[C@@H]1OCc1ccccc1. The van der Waals surface area contributed by atoms with Gasteiger partial charge in [0.2, 0.25) is 0 Å². The molecule has 0 radical (unpaired) electrons. The van der Waals surface area contributed by atoms with Crippen LogP contribution in [0.3, 0.4) is 0 Å². The van der Waals surface area contributed by atoms with Crippen molar-refractivity contribution in [2.45, 2.75) is 81.4 Å². The highest BCUT2D eigenvalue weighted by Gasteiger charge is 2.57. The summed E-state index contributed by atoms with van der Waals surface area (Å²) in [5.41, 5.74) is 0.0238. The van der Waals surface area contributed by atoms with E-state index in [-0.39, 0.29) is 19.1 Å². The zero-order chi connectivity index (χ0) is 27.1. The van der Waals surface area contributed by atoms with Crippen LogP contribution in [0, 0.1) is 0 Å². The summed E-state index contributed by atoms with van der Waals surface area (Å²) in [5, 5.41) is 33.5. The van der Waals surface area contributed by atoms with Gasteiger partial charge >= 0.3 is 0 Å². The molecule has 3 aromatic rings. The minimum atomic E-state index is -1.72. The largest absolute Gasteiger partial charge is 0.490 e. The molecule has 1 aliphatic heterocycles. The predicted molar refractivity (Wildman–Crippen MR) is 146 cm³/mol. The summed E-state index contributed by atoms with van der Waals surface area (Å²) in [6.45, 7) is -0.244. The maximum Gasteiger partial charge on any atom is 0.195 e. The molecule has 0 spiro atoms. The van der Waals surface area contributed by atoms with Crippen molar-refractivity contribution in [3.8, 4) is 11.5 Å². The molecule has 5 rings (SSSR count). The van der Waals surface area contributed by atoms with Crippen molar-refractivity contribution in [3.05, 3.63) is 96.1 Å². The fourth-order valence-electron chi connectivity index (χ4n) is 5.61. The van der Waals surface area contributed by atoms with Crippen LogP contribution in [0.4, 0.5) is 0 Å². The first-order chi connectivity index (χ1) is 19.0. The summed E-state index contributed by atoms with van der Waals surface area (Å²) >= 11 is 0. The van der Waals surface area contributed by atoms with E-state index in [1.165, 1.54) is 19.3 Å². The van der Waals surface area contributed by atoms with E-state index < -0.39 is 36.8 Å². The van der Waals surface area contributed by atoms with Crippen LogP contribution in [0.2, 0.25) is 0 Å². The normalized spacial score (nSPS) is 27.7. The van der Waals surface area contributed by atoms with Crippen molar-refractivity contribution in [2.24, 2.45) is 0 Å². The Morgan fingerprint density at radius 1 is 0.744 bits per heavy atom. The Morgan fingerprint density at radius 3 is 1.95 bits per heavy atom. The zero-order valence-corrected chi connectivity index (χ0v) is 22.1. The van der Waals surface area contributed by atoms with E-state index in [2.05, 4.69) is 0 Å². The lowest BCUT2D eigenvalue weighted by molar-refractivity contribution is -0.324. The summed E-state index contributed by atoms with van der Waals surface area (Å²) in [7, 11) is 0. The van der Waals surface area contributed by atoms with Crippen LogP contribution in [0.15, 0.2) is 84.9 Å². The number of ether oxygens (including phenoxy) is 4. The molecule has 0 aromatic heterocycles. The van der Waals surface area contributed by atoms with Crippen molar-refractivity contribution >= 4 is 0 Å². The Morgan fingerprint density at radius 2 is 1.33 bits per heavy atom. The van der Waals surface area contributed by atoms with Crippen LogP contribution in [0.5, 0.6) is 11.5 Å². The van der Waals surface area contributed by atoms with E-state index in [1.54, 1.807) is 12.1 Å². The van der Waals surface area contributed by atoms with E-state index in [0.29, 0.717) is 5.75 Å². The predicted octanol–water partition coefficient (Wildman–Crippen LogP) is 4.41. The van der Waals surface area contributed by atoms with Crippen LogP contribution in [-0.2, 0) is 22.5 Å². The van der Waals surface area contributed by atoms with Gasteiger partial charge in [0.05, 0.1) is 19.3 Å². The minimum absolute atomic E-state index is 0.123. The molecule has 2 fully saturated rings. The highest BCUT2D eigenvalue weighted by molar-refractivity contribution is 5.32. The highest BCUT2D eigenvalue weighted by Crippen LogP contribution is 2.37. The van der Waals surface area contributed by atoms with Gasteiger partial charge in [-0.1, -0.05) is 67.1 Å². The van der Waals surface area contributed by atoms with E-state index in [1.807, 2.05) is 72.8 Å². The minimum Gasteiger partial charge on any atom is -0.490 e. The van der Waals surface area contributed by atoms with Crippen LogP contribution >= 0.6 is 0 Å². The van der Waals surface area contributed by atoms with Gasteiger partial charge in [0.25, 0.3) is 0 Å². The second-order valence-corrected chi connectivity index (χ2v) is 10.5. The van der Waals surface area contributed by atoms with Crippen LogP contribution < -0.4 is 9.47 Å². The Bertz CT molecular complexity index is 1130. The molecule has 0 bridgehead atoms. The van der Waals surface area contributed by atoms with Crippen molar-refractivity contribution < 1.29 is 34.3 Å². The molecule has 1 aliphatic carbocycles. The van der Waals surface area contributed by atoms with Crippen molar-refractivity contribution in [2.75, 3.05) is 6.61 Å². The fourth-order valence-corrected chi connectivity index (χ4v) is 5.61. The molecule has 39 heavy (non-hydrogen) atoms. The van der Waals surface area contributed by atoms with E-state index >= 15 is 0 Å². The first-order valence-electron chi connectivity index (χ1n) is 13.8. The topological polar surface area (TPSA) is 97.6 Å². The molecule has 5 atom stereocenters. The molecule has 1 heterocycles. The maximum absolute atomic E-state index is 12.3. The number of rotatable bonds is 10. The lowest BCUT2D eigenvalue weighted by atomic mass is 9.79. The molecule has 0 amide bonds. The van der Waals surface area contributed by atoms with Crippen LogP contribution in [0.1, 0.15) is 43.2 Å². The summed E-state index contributed by atoms with van der Waals surface area (Å²) in [5.74, 6) is 1.22. The van der Waals surface area contributed by atoms with E-state index in [9.17, 15) is 15.3 Å². The van der Waals surface area contributed by atoms with Gasteiger partial charge in [0.1, 0.15) is 29.3 Å². The molecular weight excluding hydrogens is 496 g/mol. The van der Waals surface area contributed by atoms with Gasteiger partial charge in [-0.3, -0.25) is 0 Å². The quantitative estimate of drug-likeness (QED) is 0.354. The molecule has 7 nitrogen and oxygen atoms in total. The van der Waals surface area contributed by atoms with Gasteiger partial charge in [-0.2, -0.15) is 0 Å². The molecular formula is C32H38O7. The molecule has 7 heteroatoms. The second kappa shape index (κ2) is 12.9. The summed E-state index contributed by atoms with van der Waals surface area (Å²) in [6.07, 6.45) is 1.50. The van der Waals surface area contributed by atoms with Gasteiger partial charge in [0, 0.05) is 6.42 Å². The number of aliphatic hydroxyl groups is 3. The maximum atomic E-state index is 12.3. The second-order valence-electron chi connectivity index (χ2n) is 10.5. The third-order valence-electron chi connectivity index (χ3n) is 7.62. The van der Waals surface area contributed by atoms with Gasteiger partial charge < -0.3 is 34.3 Å². The van der Waals surface area contributed by atoms with Crippen LogP contribution in [-0.4, -0.2) is 58.2 Å². The van der Waals surface area contributed by atoms with Crippen molar-refractivity contribution in [1.29, 1.82) is 0 Å². The number of hydrogen-bond donors (Lipinski definition) is 3.